The van der Waals surface area contributed by atoms with Gasteiger partial charge in [-0.05, 0) is 18.4 Å². The number of benzene rings is 1. The van der Waals surface area contributed by atoms with E-state index in [1.54, 1.807) is 29.2 Å². The van der Waals surface area contributed by atoms with Crippen LogP contribution >= 0.6 is 0 Å². The second-order valence-electron chi connectivity index (χ2n) is 6.18. The van der Waals surface area contributed by atoms with Crippen LogP contribution in [0.1, 0.15) is 24.3 Å². The van der Waals surface area contributed by atoms with Crippen molar-refractivity contribution in [3.63, 3.8) is 0 Å². The Morgan fingerprint density at radius 2 is 2.04 bits per heavy atom. The maximum Gasteiger partial charge on any atom is 0.471 e. The number of carbonyl (C=O) groups is 1. The minimum atomic E-state index is -4.70. The number of terminal acetylenes is 1. The summed E-state index contributed by atoms with van der Waals surface area (Å²) in [6, 6.07) is 6.16. The number of urea groups is 1. The van der Waals surface area contributed by atoms with E-state index in [0.717, 1.165) is 12.8 Å². The van der Waals surface area contributed by atoms with Crippen LogP contribution in [0.4, 0.5) is 18.0 Å². The Labute approximate surface area is 159 Å². The van der Waals surface area contributed by atoms with Gasteiger partial charge in [0, 0.05) is 11.6 Å². The van der Waals surface area contributed by atoms with E-state index in [2.05, 4.69) is 20.6 Å². The summed E-state index contributed by atoms with van der Waals surface area (Å²) < 4.78 is 41.9. The maximum absolute atomic E-state index is 12.6. The molecule has 0 bridgehead atoms. The Morgan fingerprint density at radius 1 is 1.36 bits per heavy atom. The number of hydrogen-bond acceptors (Lipinski definition) is 5. The molecule has 1 aromatic heterocycles. The highest BCUT2D eigenvalue weighted by atomic mass is 19.4. The lowest BCUT2D eigenvalue weighted by Crippen LogP contribution is -2.43. The van der Waals surface area contributed by atoms with Gasteiger partial charge in [-0.15, -0.1) is 6.42 Å². The molecule has 2 amide bonds. The topological polar surface area (TPSA) is 71.7 Å². The number of hydrogen-bond donors (Lipinski definition) is 0. The number of carbonyl (C=O) groups excluding carboxylic acids is 1. The highest BCUT2D eigenvalue weighted by molar-refractivity contribution is 5.74. The molecule has 7 nitrogen and oxygen atoms in total. The van der Waals surface area contributed by atoms with E-state index >= 15 is 0 Å². The molecule has 1 fully saturated rings. The van der Waals surface area contributed by atoms with E-state index in [1.165, 1.54) is 12.2 Å². The van der Waals surface area contributed by atoms with Crippen LogP contribution in [0, 0.1) is 12.3 Å². The van der Waals surface area contributed by atoms with Crippen molar-refractivity contribution in [3.05, 3.63) is 35.7 Å². The molecule has 1 aliphatic rings. The fourth-order valence-electron chi connectivity index (χ4n) is 2.57. The van der Waals surface area contributed by atoms with Gasteiger partial charge in [0.25, 0.3) is 0 Å². The summed E-state index contributed by atoms with van der Waals surface area (Å²) in [5.74, 6) is 0.891. The highest BCUT2D eigenvalue weighted by Crippen LogP contribution is 2.30. The van der Waals surface area contributed by atoms with Crippen LogP contribution in [0.3, 0.4) is 0 Å². The van der Waals surface area contributed by atoms with Crippen molar-refractivity contribution in [1.29, 1.82) is 0 Å². The molecular weight excluding hydrogens is 377 g/mol. The summed E-state index contributed by atoms with van der Waals surface area (Å²) in [5.41, 5.74) is 1.06. The Hall–Kier alpha value is -3.06. The first-order chi connectivity index (χ1) is 13.3. The molecule has 0 spiro atoms. The highest BCUT2D eigenvalue weighted by Gasteiger charge is 2.38. The van der Waals surface area contributed by atoms with Crippen molar-refractivity contribution < 1.29 is 27.3 Å². The molecule has 1 aliphatic carbocycles. The molecule has 10 heteroatoms. The van der Waals surface area contributed by atoms with Crippen molar-refractivity contribution >= 4 is 6.03 Å². The van der Waals surface area contributed by atoms with Crippen LogP contribution < -0.4 is 0 Å². The Kier molecular flexibility index (Phi) is 5.56. The van der Waals surface area contributed by atoms with Crippen LogP contribution in [0.2, 0.25) is 0 Å². The first-order valence-electron chi connectivity index (χ1n) is 8.39. The van der Waals surface area contributed by atoms with Crippen molar-refractivity contribution in [2.24, 2.45) is 0 Å². The van der Waals surface area contributed by atoms with Crippen molar-refractivity contribution in [1.82, 2.24) is 20.1 Å². The van der Waals surface area contributed by atoms with E-state index in [-0.39, 0.29) is 31.0 Å². The Morgan fingerprint density at radius 3 is 2.54 bits per heavy atom. The van der Waals surface area contributed by atoms with Gasteiger partial charge in [0.15, 0.2) is 0 Å². The van der Waals surface area contributed by atoms with Gasteiger partial charge in [-0.2, -0.15) is 23.2 Å². The number of alkyl halides is 3. The fourth-order valence-corrected chi connectivity index (χ4v) is 2.57. The van der Waals surface area contributed by atoms with E-state index in [4.69, 9.17) is 11.3 Å². The third-order valence-corrected chi connectivity index (χ3v) is 4.14. The van der Waals surface area contributed by atoms with Gasteiger partial charge in [-0.25, -0.2) is 4.79 Å². The molecule has 0 N–H and O–H groups in total. The van der Waals surface area contributed by atoms with Crippen LogP contribution in [-0.2, 0) is 17.6 Å². The predicted molar refractivity (Wildman–Crippen MR) is 91.2 cm³/mol. The molecule has 3 rings (SSSR count). The molecule has 1 aromatic carbocycles. The van der Waals surface area contributed by atoms with Gasteiger partial charge in [0.2, 0.25) is 5.82 Å². The average Bonchev–Trinajstić information content (AvgIpc) is 3.37. The van der Waals surface area contributed by atoms with Gasteiger partial charge < -0.3 is 9.42 Å². The SMILES string of the molecule is C#CCN(C(=O)N(Cc1ccc(-c2noc(C(F)(F)F)n2)cc1)OC)C1CC1. The number of hydroxylamine groups is 2. The number of halogens is 3. The molecule has 1 heterocycles. The summed E-state index contributed by atoms with van der Waals surface area (Å²) in [7, 11) is 1.38. The molecule has 0 radical (unpaired) electrons. The van der Waals surface area contributed by atoms with Gasteiger partial charge in [0.1, 0.15) is 0 Å². The molecule has 1 saturated carbocycles. The normalized spacial score (nSPS) is 13.8. The maximum atomic E-state index is 12.6. The third-order valence-electron chi connectivity index (χ3n) is 4.14. The van der Waals surface area contributed by atoms with E-state index in [0.29, 0.717) is 11.1 Å². The average molecular weight is 394 g/mol. The van der Waals surface area contributed by atoms with Crippen LogP contribution in [-0.4, -0.2) is 45.8 Å². The molecule has 0 saturated heterocycles. The fraction of sp³-hybridized carbons (Fsp3) is 0.389. The van der Waals surface area contributed by atoms with Crippen LogP contribution in [0.25, 0.3) is 11.4 Å². The number of amides is 2. The number of aromatic nitrogens is 2. The molecule has 28 heavy (non-hydrogen) atoms. The molecule has 2 aromatic rings. The van der Waals surface area contributed by atoms with Crippen molar-refractivity contribution in [3.8, 4) is 23.7 Å². The van der Waals surface area contributed by atoms with Crippen molar-refractivity contribution in [2.75, 3.05) is 13.7 Å². The molecule has 0 unspecified atom stereocenters. The van der Waals surface area contributed by atoms with Crippen molar-refractivity contribution in [2.45, 2.75) is 31.6 Å². The van der Waals surface area contributed by atoms with Gasteiger partial charge >= 0.3 is 18.1 Å². The largest absolute Gasteiger partial charge is 0.471 e. The lowest BCUT2D eigenvalue weighted by Gasteiger charge is -2.27. The summed E-state index contributed by atoms with van der Waals surface area (Å²) >= 11 is 0. The standard InChI is InChI=1S/C18H17F3N4O3/c1-3-10-24(14-8-9-14)17(26)25(27-2)11-12-4-6-13(7-5-12)15-22-16(28-23-15)18(19,20)21/h1,4-7,14H,8-11H2,2H3. The molecular formula is C18H17F3N4O3. The van der Waals surface area contributed by atoms with E-state index < -0.39 is 12.1 Å². The van der Waals surface area contributed by atoms with Crippen LogP contribution in [0.5, 0.6) is 0 Å². The Balaban J connectivity index is 1.69. The Bertz CT molecular complexity index is 869. The smallest absolute Gasteiger partial charge is 0.329 e. The van der Waals surface area contributed by atoms with E-state index in [9.17, 15) is 18.0 Å². The molecule has 148 valence electrons. The molecule has 0 aliphatic heterocycles. The number of nitrogens with zero attached hydrogens (tertiary/aromatic N) is 4. The minimum absolute atomic E-state index is 0.129. The van der Waals surface area contributed by atoms with Crippen LogP contribution in [0.15, 0.2) is 28.8 Å². The summed E-state index contributed by atoms with van der Waals surface area (Å²) in [6.45, 7) is 0.338. The van der Waals surface area contributed by atoms with Gasteiger partial charge in [-0.1, -0.05) is 35.3 Å². The predicted octanol–water partition coefficient (Wildman–Crippen LogP) is 3.34. The zero-order valence-electron chi connectivity index (χ0n) is 14.9. The summed E-state index contributed by atoms with van der Waals surface area (Å²) in [4.78, 5) is 22.7. The van der Waals surface area contributed by atoms with Gasteiger partial charge in [0.05, 0.1) is 20.2 Å². The molecule has 0 atom stereocenters. The first-order valence-corrected chi connectivity index (χ1v) is 8.39. The van der Waals surface area contributed by atoms with E-state index in [1.807, 2.05) is 0 Å². The zero-order chi connectivity index (χ0) is 20.3. The van der Waals surface area contributed by atoms with Gasteiger partial charge in [-0.3, -0.25) is 4.84 Å². The first kappa shape index (κ1) is 19.7. The summed E-state index contributed by atoms with van der Waals surface area (Å²) in [6.07, 6.45) is 2.45. The number of rotatable bonds is 6. The summed E-state index contributed by atoms with van der Waals surface area (Å²) in [5, 5.41) is 4.52. The monoisotopic (exact) mass is 394 g/mol. The lowest BCUT2D eigenvalue weighted by atomic mass is 10.1. The second-order valence-corrected chi connectivity index (χ2v) is 6.18. The zero-order valence-corrected chi connectivity index (χ0v) is 14.9. The third kappa shape index (κ3) is 4.43. The quantitative estimate of drug-likeness (QED) is 0.555. The lowest BCUT2D eigenvalue weighted by molar-refractivity contribution is -0.159. The minimum Gasteiger partial charge on any atom is -0.329 e. The second kappa shape index (κ2) is 7.90.